The first-order valence-electron chi connectivity index (χ1n) is 7.21. The van der Waals surface area contributed by atoms with E-state index in [1.807, 2.05) is 0 Å². The molecule has 3 nitrogen and oxygen atoms in total. The molecule has 0 aromatic heterocycles. The van der Waals surface area contributed by atoms with E-state index in [0.29, 0.717) is 5.92 Å². The van der Waals surface area contributed by atoms with Crippen molar-refractivity contribution in [1.82, 2.24) is 4.90 Å². The van der Waals surface area contributed by atoms with Crippen molar-refractivity contribution in [3.8, 4) is 5.75 Å². The van der Waals surface area contributed by atoms with Crippen LogP contribution in [-0.2, 0) is 6.18 Å². The first kappa shape index (κ1) is 14.5. The van der Waals surface area contributed by atoms with E-state index in [2.05, 4.69) is 10.2 Å². The molecule has 3 unspecified atom stereocenters. The predicted octanol–water partition coefficient (Wildman–Crippen LogP) is 3.22. The van der Waals surface area contributed by atoms with E-state index in [4.69, 9.17) is 4.74 Å². The maximum Gasteiger partial charge on any atom is 0.418 e. The summed E-state index contributed by atoms with van der Waals surface area (Å²) in [6.45, 7) is 3.03. The molecular weight excluding hydrogens is 281 g/mol. The lowest BCUT2D eigenvalue weighted by atomic mass is 9.93. The van der Waals surface area contributed by atoms with Gasteiger partial charge in [0.1, 0.15) is 5.75 Å². The maximum atomic E-state index is 13.2. The molecule has 0 amide bonds. The van der Waals surface area contributed by atoms with Crippen LogP contribution in [0.5, 0.6) is 5.75 Å². The van der Waals surface area contributed by atoms with Crippen LogP contribution < -0.4 is 10.1 Å². The summed E-state index contributed by atoms with van der Waals surface area (Å²) >= 11 is 0. The number of anilines is 1. The molecule has 3 rings (SSSR count). The van der Waals surface area contributed by atoms with Crippen LogP contribution >= 0.6 is 0 Å². The molecule has 0 radical (unpaired) electrons. The van der Waals surface area contributed by atoms with Crippen molar-refractivity contribution in [2.75, 3.05) is 32.1 Å². The fraction of sp³-hybridized carbons (Fsp3) is 0.600. The Bertz CT molecular complexity index is 518. The average molecular weight is 300 g/mol. The molecule has 0 saturated carbocycles. The lowest BCUT2D eigenvalue weighted by Crippen LogP contribution is -2.39. The number of nitrogens with one attached hydrogen (secondary N) is 1. The fourth-order valence-corrected chi connectivity index (χ4v) is 3.35. The first-order chi connectivity index (χ1) is 9.97. The second-order valence-corrected chi connectivity index (χ2v) is 5.80. The highest BCUT2D eigenvalue weighted by atomic mass is 19.4. The van der Waals surface area contributed by atoms with E-state index in [1.165, 1.54) is 13.2 Å². The molecule has 2 saturated heterocycles. The molecule has 3 atom stereocenters. The van der Waals surface area contributed by atoms with Gasteiger partial charge in [0, 0.05) is 24.8 Å². The summed E-state index contributed by atoms with van der Waals surface area (Å²) in [5, 5.41) is 3.13. The highest BCUT2D eigenvalue weighted by molar-refractivity contribution is 5.56. The molecule has 0 spiro atoms. The molecule has 6 heteroatoms. The number of nitrogens with zero attached hydrogens (tertiary/aromatic N) is 1. The van der Waals surface area contributed by atoms with Gasteiger partial charge in [-0.2, -0.15) is 13.2 Å². The lowest BCUT2D eigenvalue weighted by Gasteiger charge is -2.32. The summed E-state index contributed by atoms with van der Waals surface area (Å²) < 4.78 is 44.5. The van der Waals surface area contributed by atoms with E-state index in [1.54, 1.807) is 6.07 Å². The Kier molecular flexibility index (Phi) is 3.73. The van der Waals surface area contributed by atoms with Crippen LogP contribution in [0.2, 0.25) is 0 Å². The molecule has 2 aliphatic heterocycles. The number of fused-ring (bicyclic) bond motifs is 2. The number of rotatable bonds is 3. The van der Waals surface area contributed by atoms with Crippen LogP contribution in [0.1, 0.15) is 18.4 Å². The van der Waals surface area contributed by atoms with Crippen molar-refractivity contribution in [3.63, 3.8) is 0 Å². The minimum absolute atomic E-state index is 0.123. The molecule has 1 aromatic carbocycles. The van der Waals surface area contributed by atoms with Crippen molar-refractivity contribution >= 4 is 5.69 Å². The Hall–Kier alpha value is -1.43. The molecule has 1 N–H and O–H groups in total. The number of benzene rings is 1. The topological polar surface area (TPSA) is 24.5 Å². The summed E-state index contributed by atoms with van der Waals surface area (Å²) in [6.07, 6.45) is -2.42. The fourth-order valence-electron chi connectivity index (χ4n) is 3.35. The molecule has 2 fully saturated rings. The van der Waals surface area contributed by atoms with Gasteiger partial charge in [-0.1, -0.05) is 0 Å². The van der Waals surface area contributed by atoms with E-state index in [0.717, 1.165) is 38.5 Å². The molecule has 116 valence electrons. The van der Waals surface area contributed by atoms with E-state index >= 15 is 0 Å². The average Bonchev–Trinajstić information content (AvgIpc) is 2.84. The van der Waals surface area contributed by atoms with E-state index < -0.39 is 11.7 Å². The maximum absolute atomic E-state index is 13.2. The van der Waals surface area contributed by atoms with Gasteiger partial charge in [0.2, 0.25) is 0 Å². The SMILES string of the molecule is COc1ccc(NC2CCN3CCC2C3)c(C(F)(F)F)c1. The van der Waals surface area contributed by atoms with Crippen molar-refractivity contribution in [1.29, 1.82) is 0 Å². The quantitative estimate of drug-likeness (QED) is 0.927. The molecule has 21 heavy (non-hydrogen) atoms. The molecule has 0 aliphatic carbocycles. The summed E-state index contributed by atoms with van der Waals surface area (Å²) in [5.41, 5.74) is -0.490. The van der Waals surface area contributed by atoms with Crippen LogP contribution in [-0.4, -0.2) is 37.7 Å². The standard InChI is InChI=1S/C15H19F3N2O/c1-21-11-2-3-14(12(8-11)15(16,17)18)19-13-5-7-20-6-4-10(13)9-20/h2-3,8,10,13,19H,4-7,9H2,1H3. The summed E-state index contributed by atoms with van der Waals surface area (Å²) in [6, 6.07) is 4.23. The number of alkyl halides is 3. The van der Waals surface area contributed by atoms with Gasteiger partial charge in [0.05, 0.1) is 12.7 Å². The van der Waals surface area contributed by atoms with Gasteiger partial charge in [-0.15, -0.1) is 0 Å². The Morgan fingerprint density at radius 1 is 1.24 bits per heavy atom. The third-order valence-corrected chi connectivity index (χ3v) is 4.51. The zero-order chi connectivity index (χ0) is 15.0. The molecule has 2 bridgehead atoms. The lowest BCUT2D eigenvalue weighted by molar-refractivity contribution is -0.137. The number of ether oxygens (including phenoxy) is 1. The highest BCUT2D eigenvalue weighted by Crippen LogP contribution is 2.39. The normalized spacial score (nSPS) is 28.5. The van der Waals surface area contributed by atoms with Gasteiger partial charge in [-0.3, -0.25) is 0 Å². The van der Waals surface area contributed by atoms with Crippen molar-refractivity contribution in [2.24, 2.45) is 5.92 Å². The number of hydrogen-bond donors (Lipinski definition) is 1. The predicted molar refractivity (Wildman–Crippen MR) is 74.6 cm³/mol. The molecule has 1 aromatic rings. The second-order valence-electron chi connectivity index (χ2n) is 5.80. The summed E-state index contributed by atoms with van der Waals surface area (Å²) in [7, 11) is 1.37. The van der Waals surface area contributed by atoms with Gasteiger partial charge >= 0.3 is 6.18 Å². The summed E-state index contributed by atoms with van der Waals surface area (Å²) in [5.74, 6) is 0.672. The van der Waals surface area contributed by atoms with Crippen LogP contribution in [0.25, 0.3) is 0 Å². The Labute approximate surface area is 122 Å². The van der Waals surface area contributed by atoms with Crippen LogP contribution in [0.4, 0.5) is 18.9 Å². The number of piperidine rings is 1. The van der Waals surface area contributed by atoms with Crippen LogP contribution in [0.15, 0.2) is 18.2 Å². The zero-order valence-corrected chi connectivity index (χ0v) is 11.9. The van der Waals surface area contributed by atoms with E-state index in [9.17, 15) is 13.2 Å². The molecule has 2 aliphatic rings. The van der Waals surface area contributed by atoms with Gasteiger partial charge < -0.3 is 15.0 Å². The Morgan fingerprint density at radius 3 is 2.71 bits per heavy atom. The monoisotopic (exact) mass is 300 g/mol. The van der Waals surface area contributed by atoms with Gasteiger partial charge in [-0.05, 0) is 43.5 Å². The highest BCUT2D eigenvalue weighted by Gasteiger charge is 2.37. The zero-order valence-electron chi connectivity index (χ0n) is 11.9. The molecular formula is C15H19F3N2O. The molecule has 2 heterocycles. The third-order valence-electron chi connectivity index (χ3n) is 4.51. The van der Waals surface area contributed by atoms with Gasteiger partial charge in [0.15, 0.2) is 0 Å². The second kappa shape index (κ2) is 5.40. The minimum Gasteiger partial charge on any atom is -0.497 e. The van der Waals surface area contributed by atoms with Crippen molar-refractivity contribution in [2.45, 2.75) is 25.1 Å². The third kappa shape index (κ3) is 2.95. The number of methoxy groups -OCH3 is 1. The van der Waals surface area contributed by atoms with Crippen molar-refractivity contribution in [3.05, 3.63) is 23.8 Å². The summed E-state index contributed by atoms with van der Waals surface area (Å²) in [4.78, 5) is 2.38. The first-order valence-corrected chi connectivity index (χ1v) is 7.21. The van der Waals surface area contributed by atoms with Gasteiger partial charge in [-0.25, -0.2) is 0 Å². The van der Waals surface area contributed by atoms with Gasteiger partial charge in [0.25, 0.3) is 0 Å². The number of hydrogen-bond acceptors (Lipinski definition) is 3. The minimum atomic E-state index is -4.38. The largest absolute Gasteiger partial charge is 0.497 e. The van der Waals surface area contributed by atoms with E-state index in [-0.39, 0.29) is 17.5 Å². The Balaban J connectivity index is 1.84. The van der Waals surface area contributed by atoms with Crippen LogP contribution in [0.3, 0.4) is 0 Å². The Morgan fingerprint density at radius 2 is 2.00 bits per heavy atom. The van der Waals surface area contributed by atoms with Crippen LogP contribution in [0, 0.1) is 5.92 Å². The number of halogens is 3. The smallest absolute Gasteiger partial charge is 0.418 e. The van der Waals surface area contributed by atoms with Crippen molar-refractivity contribution < 1.29 is 17.9 Å².